The Morgan fingerprint density at radius 2 is 1.83 bits per heavy atom. The van der Waals surface area contributed by atoms with Crippen LogP contribution in [0, 0.1) is 20.8 Å². The van der Waals surface area contributed by atoms with E-state index in [1.807, 2.05) is 20.8 Å². The molecular weight excluding hydrogens is 464 g/mol. The third-order valence-corrected chi connectivity index (χ3v) is 7.83. The molecule has 0 saturated heterocycles. The van der Waals surface area contributed by atoms with Crippen molar-refractivity contribution in [3.63, 3.8) is 0 Å². The monoisotopic (exact) mass is 488 g/mol. The second-order valence-corrected chi connectivity index (χ2v) is 10.4. The Bertz CT molecular complexity index is 1690. The average Bonchev–Trinajstić information content (AvgIpc) is 3.48. The van der Waals surface area contributed by atoms with Crippen molar-refractivity contribution < 1.29 is 13.2 Å². The molecule has 5 rings (SSSR count). The maximum absolute atomic E-state index is 13.7. The molecule has 10 heteroatoms. The summed E-state index contributed by atoms with van der Waals surface area (Å²) in [6.45, 7) is 5.55. The van der Waals surface area contributed by atoms with Gasteiger partial charge < -0.3 is 0 Å². The number of aryl methyl sites for hydroxylation is 3. The van der Waals surface area contributed by atoms with Crippen LogP contribution in [-0.2, 0) is 23.5 Å². The Morgan fingerprint density at radius 3 is 2.46 bits per heavy atom. The number of rotatable bonds is 6. The molecule has 0 atom stereocenters. The van der Waals surface area contributed by atoms with Crippen LogP contribution >= 0.6 is 0 Å². The smallest absolute Gasteiger partial charge is 0.269 e. The van der Waals surface area contributed by atoms with Gasteiger partial charge in [-0.3, -0.25) is 14.6 Å². The van der Waals surface area contributed by atoms with Gasteiger partial charge in [0.15, 0.2) is 11.4 Å². The zero-order valence-corrected chi connectivity index (χ0v) is 20.6. The van der Waals surface area contributed by atoms with Crippen molar-refractivity contribution in [2.24, 2.45) is 7.05 Å². The number of nitrogens with one attached hydrogen (secondary N) is 1. The summed E-state index contributed by atoms with van der Waals surface area (Å²) in [6.07, 6.45) is 3.44. The zero-order valence-electron chi connectivity index (χ0n) is 19.8. The third kappa shape index (κ3) is 3.85. The van der Waals surface area contributed by atoms with Crippen LogP contribution in [0.4, 0.5) is 0 Å². The summed E-state index contributed by atoms with van der Waals surface area (Å²) < 4.78 is 30.4. The Kier molecular flexibility index (Phi) is 5.40. The molecule has 0 aliphatic rings. The highest BCUT2D eigenvalue weighted by Crippen LogP contribution is 2.33. The molecule has 9 nitrogen and oxygen atoms in total. The van der Waals surface area contributed by atoms with E-state index in [1.54, 1.807) is 66.6 Å². The standard InChI is InChI=1S/C25H24N6O3S/c1-15-16(2)27-28-24(15)23(32)11-18-10-19-12-22(21-14-30(4)29-17(21)3)31(25(19)26-13-18)35(33,34)20-8-6-5-7-9-20/h5-10,12-14H,11H2,1-4H3,(H,27,28). The molecule has 4 heterocycles. The number of nitrogens with zero attached hydrogens (tertiary/aromatic N) is 5. The Balaban J connectivity index is 1.66. The van der Waals surface area contributed by atoms with Gasteiger partial charge in [-0.15, -0.1) is 0 Å². The molecule has 0 bridgehead atoms. The molecule has 0 fully saturated rings. The van der Waals surface area contributed by atoms with Crippen LogP contribution < -0.4 is 0 Å². The number of ketones is 1. The number of H-pyrrole nitrogens is 1. The van der Waals surface area contributed by atoms with Crippen molar-refractivity contribution in [1.82, 2.24) is 28.9 Å². The molecule has 0 amide bonds. The predicted molar refractivity (Wildman–Crippen MR) is 132 cm³/mol. The fourth-order valence-electron chi connectivity index (χ4n) is 4.22. The van der Waals surface area contributed by atoms with Crippen molar-refractivity contribution >= 4 is 26.8 Å². The quantitative estimate of drug-likeness (QED) is 0.364. The molecule has 0 radical (unpaired) electrons. The largest absolute Gasteiger partial charge is 0.292 e. The molecule has 0 aliphatic heterocycles. The minimum atomic E-state index is -3.95. The summed E-state index contributed by atoms with van der Waals surface area (Å²) in [5.41, 5.74) is 4.87. The Hall–Kier alpha value is -4.05. The number of hydrogen-bond donors (Lipinski definition) is 1. The van der Waals surface area contributed by atoms with Gasteiger partial charge in [0.25, 0.3) is 10.0 Å². The molecule has 1 aromatic carbocycles. The lowest BCUT2D eigenvalue weighted by Gasteiger charge is -2.11. The number of aromatic amines is 1. The molecule has 178 valence electrons. The molecule has 5 aromatic rings. The van der Waals surface area contributed by atoms with E-state index in [9.17, 15) is 13.2 Å². The first kappa shape index (κ1) is 22.7. The Labute approximate surface area is 202 Å². The van der Waals surface area contributed by atoms with Gasteiger partial charge in [-0.25, -0.2) is 17.4 Å². The van der Waals surface area contributed by atoms with Crippen molar-refractivity contribution in [2.75, 3.05) is 0 Å². The van der Waals surface area contributed by atoms with Gasteiger partial charge >= 0.3 is 0 Å². The first-order chi connectivity index (χ1) is 16.7. The van der Waals surface area contributed by atoms with E-state index in [4.69, 9.17) is 0 Å². The highest BCUT2D eigenvalue weighted by atomic mass is 32.2. The lowest BCUT2D eigenvalue weighted by atomic mass is 10.0. The van der Waals surface area contributed by atoms with Gasteiger partial charge in [0.2, 0.25) is 0 Å². The summed E-state index contributed by atoms with van der Waals surface area (Å²) >= 11 is 0. The molecule has 4 aromatic heterocycles. The maximum atomic E-state index is 13.7. The molecule has 0 spiro atoms. The van der Waals surface area contributed by atoms with Gasteiger partial charge in [0.05, 0.1) is 16.3 Å². The van der Waals surface area contributed by atoms with Gasteiger partial charge in [-0.05, 0) is 50.6 Å². The number of aromatic nitrogens is 6. The number of pyridine rings is 1. The van der Waals surface area contributed by atoms with Crippen molar-refractivity contribution in [3.05, 3.63) is 83.1 Å². The van der Waals surface area contributed by atoms with E-state index >= 15 is 0 Å². The van der Waals surface area contributed by atoms with E-state index in [0.717, 1.165) is 11.3 Å². The number of benzene rings is 1. The highest BCUT2D eigenvalue weighted by Gasteiger charge is 2.26. The van der Waals surface area contributed by atoms with Gasteiger partial charge in [-0.1, -0.05) is 18.2 Å². The fourth-order valence-corrected chi connectivity index (χ4v) is 5.72. The average molecular weight is 489 g/mol. The molecule has 0 unspecified atom stereocenters. The van der Waals surface area contributed by atoms with Crippen LogP contribution in [0.3, 0.4) is 0 Å². The minimum Gasteiger partial charge on any atom is -0.292 e. The number of hydrogen-bond acceptors (Lipinski definition) is 6. The number of carbonyl (C=O) groups is 1. The van der Waals surface area contributed by atoms with E-state index in [0.29, 0.717) is 33.6 Å². The normalized spacial score (nSPS) is 11.9. The summed E-state index contributed by atoms with van der Waals surface area (Å²) in [5, 5.41) is 12.0. The van der Waals surface area contributed by atoms with Crippen molar-refractivity contribution in [2.45, 2.75) is 32.1 Å². The van der Waals surface area contributed by atoms with Crippen LogP contribution in [0.15, 0.2) is 59.8 Å². The van der Waals surface area contributed by atoms with Crippen LogP contribution in [0.1, 0.15) is 33.0 Å². The van der Waals surface area contributed by atoms with E-state index in [2.05, 4.69) is 20.3 Å². The lowest BCUT2D eigenvalue weighted by molar-refractivity contribution is 0.0987. The van der Waals surface area contributed by atoms with E-state index in [1.165, 1.54) is 3.97 Å². The topological polar surface area (TPSA) is 116 Å². The third-order valence-electron chi connectivity index (χ3n) is 6.11. The first-order valence-corrected chi connectivity index (χ1v) is 12.5. The molecular formula is C25H24N6O3S. The number of carbonyl (C=O) groups excluding carboxylic acids is 1. The van der Waals surface area contributed by atoms with Gasteiger partial charge in [0, 0.05) is 48.1 Å². The van der Waals surface area contributed by atoms with Gasteiger partial charge in [-0.2, -0.15) is 10.2 Å². The second kappa shape index (κ2) is 8.31. The van der Waals surface area contributed by atoms with Gasteiger partial charge in [0.1, 0.15) is 5.69 Å². The summed E-state index contributed by atoms with van der Waals surface area (Å²) in [5.74, 6) is -0.132. The molecule has 1 N–H and O–H groups in total. The molecule has 35 heavy (non-hydrogen) atoms. The van der Waals surface area contributed by atoms with Crippen LogP contribution in [0.2, 0.25) is 0 Å². The molecule has 0 saturated carbocycles. The summed E-state index contributed by atoms with van der Waals surface area (Å²) in [4.78, 5) is 17.5. The van der Waals surface area contributed by atoms with Crippen LogP contribution in [0.25, 0.3) is 22.3 Å². The predicted octanol–water partition coefficient (Wildman–Crippen LogP) is 3.75. The van der Waals surface area contributed by atoms with Crippen LogP contribution in [0.5, 0.6) is 0 Å². The van der Waals surface area contributed by atoms with Crippen molar-refractivity contribution in [3.8, 4) is 11.3 Å². The maximum Gasteiger partial charge on any atom is 0.269 e. The first-order valence-electron chi connectivity index (χ1n) is 11.0. The number of Topliss-reactive ketones (excluding diaryl/α,β-unsaturated/α-hetero) is 1. The second-order valence-electron chi connectivity index (χ2n) is 8.59. The summed E-state index contributed by atoms with van der Waals surface area (Å²) in [7, 11) is -2.17. The molecule has 0 aliphatic carbocycles. The SMILES string of the molecule is Cc1nn(C)cc1-c1cc2cc(CC(=O)c3n[nH]c(C)c3C)cnc2n1S(=O)(=O)c1ccccc1. The zero-order chi connectivity index (χ0) is 24.9. The highest BCUT2D eigenvalue weighted by molar-refractivity contribution is 7.90. The lowest BCUT2D eigenvalue weighted by Crippen LogP contribution is -2.15. The fraction of sp³-hybridized carbons (Fsp3) is 0.200. The summed E-state index contributed by atoms with van der Waals surface area (Å²) in [6, 6.07) is 11.8. The van der Waals surface area contributed by atoms with E-state index < -0.39 is 10.0 Å². The minimum absolute atomic E-state index is 0.103. The number of fused-ring (bicyclic) bond motifs is 1. The van der Waals surface area contributed by atoms with Crippen LogP contribution in [-0.4, -0.2) is 43.1 Å². The van der Waals surface area contributed by atoms with Crippen molar-refractivity contribution in [1.29, 1.82) is 0 Å². The Morgan fingerprint density at radius 1 is 1.09 bits per heavy atom. The van der Waals surface area contributed by atoms with E-state index in [-0.39, 0.29) is 22.7 Å².